The molecule has 0 bridgehead atoms. The Morgan fingerprint density at radius 3 is 2.27 bits per heavy atom. The number of hydrogen-bond donors (Lipinski definition) is 3. The molecule has 14 heteroatoms. The lowest BCUT2D eigenvalue weighted by Gasteiger charge is -2.54. The SMILES string of the molecule is CC[C@@H](C(=O)[C@@H](C)[C@@H](O)[C@H](C)[C@@H]1O[C@@H]([C@@H](CC)C(=O)O)CC[C@@H]1C)[C@H]1O[C@]2(C=C[C@@H](OC(=O)c3cnco3)[C@]3(CC[C@@](C)([C@H]4CC[C@](O)(CC)[C@H](C)O4)O3)O2)[C@H](C)C[C@@H]1C. The number of aromatic nitrogens is 1. The second-order valence-electron chi connectivity index (χ2n) is 19.2. The van der Waals surface area contributed by atoms with Crippen molar-refractivity contribution in [2.45, 2.75) is 199 Å². The van der Waals surface area contributed by atoms with Crippen molar-refractivity contribution in [3.8, 4) is 0 Å². The topological polar surface area (TPSA) is 193 Å². The molecule has 0 amide bonds. The number of ether oxygens (including phenoxy) is 6. The first-order valence-corrected chi connectivity index (χ1v) is 22.6. The summed E-state index contributed by atoms with van der Waals surface area (Å²) in [5, 5.41) is 32.9. The Hall–Kier alpha value is -2.72. The largest absolute Gasteiger partial charge is 0.481 e. The summed E-state index contributed by atoms with van der Waals surface area (Å²) in [6, 6.07) is 0. The van der Waals surface area contributed by atoms with Gasteiger partial charge in [-0.2, -0.15) is 0 Å². The number of Topliss-reactive ketones (excluding diaryl/α,β-unsaturated/α-hetero) is 1. The molecule has 1 aromatic rings. The third-order valence-corrected chi connectivity index (χ3v) is 15.3. The predicted molar refractivity (Wildman–Crippen MR) is 218 cm³/mol. The zero-order valence-corrected chi connectivity index (χ0v) is 37.3. The van der Waals surface area contributed by atoms with Gasteiger partial charge in [0.25, 0.3) is 0 Å². The van der Waals surface area contributed by atoms with Crippen molar-refractivity contribution in [1.29, 1.82) is 0 Å². The van der Waals surface area contributed by atoms with Crippen LogP contribution >= 0.6 is 0 Å². The molecular formula is C46H71NO13. The van der Waals surface area contributed by atoms with Crippen molar-refractivity contribution in [3.63, 3.8) is 0 Å². The first-order chi connectivity index (χ1) is 28.3. The molecule has 6 rings (SSSR count). The zero-order valence-electron chi connectivity index (χ0n) is 37.3. The Bertz CT molecular complexity index is 1690. The summed E-state index contributed by atoms with van der Waals surface area (Å²) < 4.78 is 45.5. The molecule has 18 atom stereocenters. The Labute approximate surface area is 355 Å². The Kier molecular flexibility index (Phi) is 14.2. The van der Waals surface area contributed by atoms with Crippen LogP contribution in [0.5, 0.6) is 0 Å². The van der Waals surface area contributed by atoms with E-state index in [0.717, 1.165) is 12.8 Å². The molecule has 0 aromatic carbocycles. The second kappa shape index (κ2) is 18.2. The van der Waals surface area contributed by atoms with E-state index in [4.69, 9.17) is 32.8 Å². The number of ketones is 1. The van der Waals surface area contributed by atoms with Crippen LogP contribution in [0.1, 0.15) is 144 Å². The standard InChI is InChI=1S/C46H71NO13/c1-11-31(41(50)51)33-15-14-25(4)39(56-33)29(8)37(48)28(7)38(49)32(12-2)40-26(5)22-27(6)45(58-40)19-17-36(57-42(52)34-23-47-24-54-34)46(60-45)21-20-43(10,59-46)35-16-18-44(53,13-3)30(9)55-35/h17,19,23-33,35-37,39-40,48,53H,11-16,18,20-22H2,1-10H3,(H,50,51)/t25-,26-,27+,28-,29-,30-,31+,32-,33+,35+,36+,37+,39+,40-,43-,44+,45-,46-/m0/s1. The summed E-state index contributed by atoms with van der Waals surface area (Å²) in [5.74, 6) is -7.23. The smallest absolute Gasteiger partial charge is 0.376 e. The van der Waals surface area contributed by atoms with Crippen molar-refractivity contribution < 1.29 is 62.5 Å². The van der Waals surface area contributed by atoms with Crippen LogP contribution in [0.4, 0.5) is 0 Å². The fraction of sp³-hybridized carbons (Fsp3) is 0.826. The third kappa shape index (κ3) is 8.77. The molecule has 5 aliphatic heterocycles. The average Bonchev–Trinajstić information content (AvgIpc) is 3.88. The van der Waals surface area contributed by atoms with Gasteiger partial charge in [0.2, 0.25) is 11.5 Å². The van der Waals surface area contributed by atoms with Crippen molar-refractivity contribution in [1.82, 2.24) is 4.98 Å². The zero-order chi connectivity index (χ0) is 43.9. The molecule has 6 heterocycles. The molecular weight excluding hydrogens is 774 g/mol. The number of nitrogens with zero attached hydrogens (tertiary/aromatic N) is 1. The Morgan fingerprint density at radius 1 is 0.933 bits per heavy atom. The van der Waals surface area contributed by atoms with E-state index in [2.05, 4.69) is 18.8 Å². The number of rotatable bonds is 14. The van der Waals surface area contributed by atoms with E-state index in [9.17, 15) is 29.7 Å². The van der Waals surface area contributed by atoms with Gasteiger partial charge in [-0.05, 0) is 95.6 Å². The lowest BCUT2D eigenvalue weighted by Crippen LogP contribution is -2.63. The van der Waals surface area contributed by atoms with Crippen LogP contribution in [0.2, 0.25) is 0 Å². The van der Waals surface area contributed by atoms with Crippen LogP contribution in [-0.2, 0) is 38.0 Å². The molecule has 14 nitrogen and oxygen atoms in total. The number of aliphatic carboxylic acids is 1. The number of carbonyl (C=O) groups is 3. The van der Waals surface area contributed by atoms with Gasteiger partial charge in [-0.15, -0.1) is 0 Å². The van der Waals surface area contributed by atoms with Crippen molar-refractivity contribution in [2.24, 2.45) is 41.4 Å². The molecule has 2 spiro atoms. The highest BCUT2D eigenvalue weighted by Gasteiger charge is 2.64. The quantitative estimate of drug-likeness (QED) is 0.128. The molecule has 1 aromatic heterocycles. The van der Waals surface area contributed by atoms with Gasteiger partial charge in [0, 0.05) is 30.1 Å². The molecule has 4 fully saturated rings. The van der Waals surface area contributed by atoms with E-state index in [0.29, 0.717) is 57.8 Å². The minimum atomic E-state index is -1.50. The number of oxazole rings is 1. The fourth-order valence-electron chi connectivity index (χ4n) is 11.1. The van der Waals surface area contributed by atoms with Gasteiger partial charge in [0.05, 0.1) is 59.9 Å². The van der Waals surface area contributed by atoms with Gasteiger partial charge >= 0.3 is 11.9 Å². The lowest BCUT2D eigenvalue weighted by atomic mass is 9.72. The molecule has 3 N–H and O–H groups in total. The van der Waals surface area contributed by atoms with Gasteiger partial charge in [0.1, 0.15) is 5.78 Å². The number of aliphatic hydroxyl groups is 2. The highest BCUT2D eigenvalue weighted by Crippen LogP contribution is 2.55. The molecule has 60 heavy (non-hydrogen) atoms. The summed E-state index contributed by atoms with van der Waals surface area (Å²) >= 11 is 0. The number of carbonyl (C=O) groups excluding carboxylic acids is 2. The van der Waals surface area contributed by atoms with Gasteiger partial charge in [-0.25, -0.2) is 9.78 Å². The highest BCUT2D eigenvalue weighted by atomic mass is 16.8. The fourth-order valence-corrected chi connectivity index (χ4v) is 11.1. The molecule has 5 aliphatic rings. The Morgan fingerprint density at radius 2 is 1.65 bits per heavy atom. The minimum Gasteiger partial charge on any atom is -0.481 e. The number of hydrogen-bond acceptors (Lipinski definition) is 13. The lowest BCUT2D eigenvalue weighted by molar-refractivity contribution is -0.408. The minimum absolute atomic E-state index is 0.0510. The van der Waals surface area contributed by atoms with Gasteiger partial charge in [0.15, 0.2) is 18.3 Å². The van der Waals surface area contributed by atoms with Crippen LogP contribution < -0.4 is 0 Å². The molecule has 0 aliphatic carbocycles. The number of carboxylic acids is 1. The maximum atomic E-state index is 14.6. The maximum Gasteiger partial charge on any atom is 0.376 e. The van der Waals surface area contributed by atoms with E-state index >= 15 is 0 Å². The van der Waals surface area contributed by atoms with Crippen molar-refractivity contribution >= 4 is 17.7 Å². The normalized spacial score (nSPS) is 42.0. The first kappa shape index (κ1) is 46.8. The molecule has 0 radical (unpaired) electrons. The van der Waals surface area contributed by atoms with Crippen molar-refractivity contribution in [2.75, 3.05) is 0 Å². The number of aliphatic hydroxyl groups excluding tert-OH is 1. The van der Waals surface area contributed by atoms with Crippen molar-refractivity contribution in [3.05, 3.63) is 30.5 Å². The predicted octanol–water partition coefficient (Wildman–Crippen LogP) is 7.04. The van der Waals surface area contributed by atoms with E-state index in [-0.39, 0.29) is 35.4 Å². The average molecular weight is 846 g/mol. The summed E-state index contributed by atoms with van der Waals surface area (Å²) in [6.45, 7) is 19.4. The summed E-state index contributed by atoms with van der Waals surface area (Å²) in [6.07, 6.45) is 7.19. The molecule has 0 saturated carbocycles. The van der Waals surface area contributed by atoms with Gasteiger partial charge in [-0.3, -0.25) is 9.59 Å². The monoisotopic (exact) mass is 845 g/mol. The van der Waals surface area contributed by atoms with Crippen LogP contribution in [0.3, 0.4) is 0 Å². The molecule has 0 unspecified atom stereocenters. The number of esters is 1. The third-order valence-electron chi connectivity index (χ3n) is 15.3. The Balaban J connectivity index is 1.24. The maximum absolute atomic E-state index is 14.6. The highest BCUT2D eigenvalue weighted by molar-refractivity contribution is 5.86. The van der Waals surface area contributed by atoms with Crippen LogP contribution in [0.15, 0.2) is 29.2 Å². The number of carboxylic acid groups (broad SMARTS) is 1. The van der Waals surface area contributed by atoms with Gasteiger partial charge in [-0.1, -0.05) is 55.4 Å². The van der Waals surface area contributed by atoms with E-state index < -0.39 is 95.0 Å². The van der Waals surface area contributed by atoms with Crippen LogP contribution in [-0.4, -0.2) is 104 Å². The summed E-state index contributed by atoms with van der Waals surface area (Å²) in [4.78, 5) is 43.9. The summed E-state index contributed by atoms with van der Waals surface area (Å²) in [5.41, 5.74) is -1.81. The van der Waals surface area contributed by atoms with Gasteiger partial charge < -0.3 is 48.2 Å². The first-order valence-electron chi connectivity index (χ1n) is 22.6. The summed E-state index contributed by atoms with van der Waals surface area (Å²) in [7, 11) is 0. The van der Waals surface area contributed by atoms with E-state index in [1.807, 2.05) is 48.5 Å². The second-order valence-corrected chi connectivity index (χ2v) is 19.2. The van der Waals surface area contributed by atoms with Crippen LogP contribution in [0.25, 0.3) is 0 Å². The molecule has 4 saturated heterocycles. The van der Waals surface area contributed by atoms with E-state index in [1.54, 1.807) is 19.1 Å². The molecule has 338 valence electrons. The van der Waals surface area contributed by atoms with Crippen LogP contribution in [0, 0.1) is 41.4 Å². The van der Waals surface area contributed by atoms with E-state index in [1.165, 1.54) is 6.20 Å².